The standard InChI is InChI=1S/C18H18ClFN4S/c1-25-17-15(14-12(19)8-5-9-13(14)20)16(11-6-3-2-4-7-11)24-18(23-17)21-10-22-24/h5,8-11H,2-4,6-7H2,1H3. The van der Waals surface area contributed by atoms with E-state index in [2.05, 4.69) is 15.1 Å². The molecule has 0 aliphatic heterocycles. The van der Waals surface area contributed by atoms with Gasteiger partial charge in [0, 0.05) is 17.0 Å². The monoisotopic (exact) mass is 376 g/mol. The third-order valence-corrected chi connectivity index (χ3v) is 5.82. The number of thioether (sulfide) groups is 1. The molecule has 4 rings (SSSR count). The number of fused-ring (bicyclic) bond motifs is 1. The van der Waals surface area contributed by atoms with Gasteiger partial charge in [-0.2, -0.15) is 10.1 Å². The van der Waals surface area contributed by atoms with Crippen molar-refractivity contribution >= 4 is 29.1 Å². The minimum atomic E-state index is -0.332. The number of aromatic nitrogens is 4. The summed E-state index contributed by atoms with van der Waals surface area (Å²) in [5.41, 5.74) is 2.16. The zero-order valence-corrected chi connectivity index (χ0v) is 15.4. The van der Waals surface area contributed by atoms with Crippen LogP contribution in [0.5, 0.6) is 0 Å². The summed E-state index contributed by atoms with van der Waals surface area (Å²) in [5.74, 6) is 0.528. The zero-order valence-electron chi connectivity index (χ0n) is 13.9. The molecule has 3 aromatic rings. The van der Waals surface area contributed by atoms with Gasteiger partial charge in [-0.3, -0.25) is 0 Å². The van der Waals surface area contributed by atoms with Crippen LogP contribution in [0.1, 0.15) is 43.7 Å². The second-order valence-electron chi connectivity index (χ2n) is 6.28. The van der Waals surface area contributed by atoms with Crippen molar-refractivity contribution in [1.82, 2.24) is 19.6 Å². The maximum atomic E-state index is 14.8. The fourth-order valence-corrected chi connectivity index (χ4v) is 4.56. The lowest BCUT2D eigenvalue weighted by atomic mass is 9.84. The molecule has 1 aliphatic rings. The Kier molecular flexibility index (Phi) is 4.65. The molecular formula is C18H18ClFN4S. The van der Waals surface area contributed by atoms with Gasteiger partial charge < -0.3 is 0 Å². The summed E-state index contributed by atoms with van der Waals surface area (Å²) in [6.45, 7) is 0. The van der Waals surface area contributed by atoms with Gasteiger partial charge in [0.25, 0.3) is 5.78 Å². The minimum absolute atomic E-state index is 0.303. The van der Waals surface area contributed by atoms with E-state index < -0.39 is 0 Å². The van der Waals surface area contributed by atoms with Crippen molar-refractivity contribution in [2.45, 2.75) is 43.0 Å². The first kappa shape index (κ1) is 16.8. The Hall–Kier alpha value is -1.66. The predicted molar refractivity (Wildman–Crippen MR) is 98.8 cm³/mol. The van der Waals surface area contributed by atoms with Gasteiger partial charge in [-0.05, 0) is 31.2 Å². The van der Waals surface area contributed by atoms with Crippen LogP contribution in [0.4, 0.5) is 4.39 Å². The molecule has 0 radical (unpaired) electrons. The Labute approximate surface area is 154 Å². The molecule has 0 amide bonds. The van der Waals surface area contributed by atoms with Crippen LogP contribution in [-0.2, 0) is 0 Å². The third kappa shape index (κ3) is 2.91. The quantitative estimate of drug-likeness (QED) is 0.456. The molecule has 1 aliphatic carbocycles. The van der Waals surface area contributed by atoms with Gasteiger partial charge in [-0.25, -0.2) is 13.9 Å². The molecule has 130 valence electrons. The lowest BCUT2D eigenvalue weighted by Gasteiger charge is -2.26. The van der Waals surface area contributed by atoms with Crippen molar-refractivity contribution in [3.05, 3.63) is 41.1 Å². The van der Waals surface area contributed by atoms with E-state index in [9.17, 15) is 4.39 Å². The Morgan fingerprint density at radius 2 is 2.00 bits per heavy atom. The smallest absolute Gasteiger partial charge is 0.206 e. The molecule has 0 spiro atoms. The number of nitrogens with zero attached hydrogens (tertiary/aromatic N) is 4. The van der Waals surface area contributed by atoms with Gasteiger partial charge in [0.05, 0.1) is 10.7 Å². The molecule has 25 heavy (non-hydrogen) atoms. The molecular weight excluding hydrogens is 359 g/mol. The average molecular weight is 377 g/mol. The van der Waals surface area contributed by atoms with E-state index in [0.29, 0.717) is 22.3 Å². The SMILES string of the molecule is CSc1nc2ncnn2c(C2CCCCC2)c1-c1c(F)cccc1Cl. The zero-order chi connectivity index (χ0) is 17.4. The van der Waals surface area contributed by atoms with Gasteiger partial charge in [-0.15, -0.1) is 11.8 Å². The van der Waals surface area contributed by atoms with Crippen molar-refractivity contribution in [3.8, 4) is 11.1 Å². The normalized spacial score (nSPS) is 15.8. The van der Waals surface area contributed by atoms with E-state index in [0.717, 1.165) is 29.1 Å². The summed E-state index contributed by atoms with van der Waals surface area (Å²) in [7, 11) is 0. The second-order valence-corrected chi connectivity index (χ2v) is 7.49. The molecule has 0 unspecified atom stereocenters. The van der Waals surface area contributed by atoms with Crippen molar-refractivity contribution in [3.63, 3.8) is 0 Å². The van der Waals surface area contributed by atoms with Crippen LogP contribution in [0.3, 0.4) is 0 Å². The van der Waals surface area contributed by atoms with Gasteiger partial charge in [0.15, 0.2) is 0 Å². The fraction of sp³-hybridized carbons (Fsp3) is 0.389. The Morgan fingerprint density at radius 1 is 1.20 bits per heavy atom. The molecule has 0 bridgehead atoms. The highest BCUT2D eigenvalue weighted by Crippen LogP contribution is 2.44. The number of benzene rings is 1. The third-order valence-electron chi connectivity index (χ3n) is 4.83. The molecule has 0 N–H and O–H groups in total. The van der Waals surface area contributed by atoms with E-state index in [1.54, 1.807) is 16.6 Å². The van der Waals surface area contributed by atoms with Crippen LogP contribution in [0.15, 0.2) is 29.6 Å². The highest BCUT2D eigenvalue weighted by Gasteiger charge is 2.28. The van der Waals surface area contributed by atoms with Crippen LogP contribution >= 0.6 is 23.4 Å². The Balaban J connectivity index is 2.07. The van der Waals surface area contributed by atoms with Gasteiger partial charge in [0.1, 0.15) is 17.2 Å². The maximum Gasteiger partial charge on any atom is 0.253 e. The van der Waals surface area contributed by atoms with E-state index >= 15 is 0 Å². The lowest BCUT2D eigenvalue weighted by Crippen LogP contribution is -2.14. The van der Waals surface area contributed by atoms with Crippen LogP contribution in [0, 0.1) is 5.82 Å². The number of hydrogen-bond acceptors (Lipinski definition) is 4. The molecule has 1 fully saturated rings. The summed E-state index contributed by atoms with van der Waals surface area (Å²) in [4.78, 5) is 8.86. The summed E-state index contributed by atoms with van der Waals surface area (Å²) >= 11 is 7.89. The van der Waals surface area contributed by atoms with Gasteiger partial charge >= 0.3 is 0 Å². The molecule has 1 aromatic carbocycles. The topological polar surface area (TPSA) is 43.1 Å². The molecule has 2 aromatic heterocycles. The van der Waals surface area contributed by atoms with Gasteiger partial charge in [-0.1, -0.05) is 36.9 Å². The fourth-order valence-electron chi connectivity index (χ4n) is 3.72. The van der Waals surface area contributed by atoms with E-state index in [4.69, 9.17) is 11.6 Å². The highest BCUT2D eigenvalue weighted by atomic mass is 35.5. The van der Waals surface area contributed by atoms with Crippen molar-refractivity contribution in [2.75, 3.05) is 6.26 Å². The average Bonchev–Trinajstić information content (AvgIpc) is 3.09. The number of halogens is 2. The highest BCUT2D eigenvalue weighted by molar-refractivity contribution is 7.98. The molecule has 7 heteroatoms. The first-order valence-electron chi connectivity index (χ1n) is 8.42. The molecule has 1 saturated carbocycles. The number of hydrogen-bond donors (Lipinski definition) is 0. The first-order valence-corrected chi connectivity index (χ1v) is 10.0. The van der Waals surface area contributed by atoms with Crippen LogP contribution in [0.25, 0.3) is 16.9 Å². The van der Waals surface area contributed by atoms with Crippen LogP contribution in [-0.4, -0.2) is 25.8 Å². The Bertz CT molecular complexity index is 901. The summed E-state index contributed by atoms with van der Waals surface area (Å²) in [6.07, 6.45) is 9.15. The lowest BCUT2D eigenvalue weighted by molar-refractivity contribution is 0.430. The van der Waals surface area contributed by atoms with Crippen molar-refractivity contribution < 1.29 is 4.39 Å². The van der Waals surface area contributed by atoms with Gasteiger partial charge in [0.2, 0.25) is 0 Å². The summed E-state index contributed by atoms with van der Waals surface area (Å²) in [5, 5.41) is 5.52. The Morgan fingerprint density at radius 3 is 2.72 bits per heavy atom. The summed E-state index contributed by atoms with van der Waals surface area (Å²) < 4.78 is 16.5. The van der Waals surface area contributed by atoms with E-state index in [1.807, 2.05) is 6.26 Å². The predicted octanol–water partition coefficient (Wildman–Crippen LogP) is 5.35. The number of rotatable bonds is 3. The molecule has 0 atom stereocenters. The summed E-state index contributed by atoms with van der Waals surface area (Å²) in [6, 6.07) is 4.80. The molecule has 0 saturated heterocycles. The van der Waals surface area contributed by atoms with Crippen LogP contribution in [0.2, 0.25) is 5.02 Å². The largest absolute Gasteiger partial charge is 0.253 e. The van der Waals surface area contributed by atoms with Crippen molar-refractivity contribution in [1.29, 1.82) is 0 Å². The van der Waals surface area contributed by atoms with Crippen LogP contribution < -0.4 is 0 Å². The second kappa shape index (κ2) is 6.92. The first-order chi connectivity index (χ1) is 12.2. The van der Waals surface area contributed by atoms with Crippen molar-refractivity contribution in [2.24, 2.45) is 0 Å². The molecule has 4 nitrogen and oxygen atoms in total. The maximum absolute atomic E-state index is 14.8. The molecule has 2 heterocycles. The van der Waals surface area contributed by atoms with E-state index in [1.165, 1.54) is 43.4 Å². The minimum Gasteiger partial charge on any atom is -0.206 e. The van der Waals surface area contributed by atoms with E-state index in [-0.39, 0.29) is 5.82 Å².